The maximum Gasteiger partial charge on any atom is 0.219 e. The topological polar surface area (TPSA) is 20.3 Å². The van der Waals surface area contributed by atoms with E-state index in [-0.39, 0.29) is 0 Å². The minimum absolute atomic E-state index is 0.585. The van der Waals surface area contributed by atoms with Gasteiger partial charge in [-0.05, 0) is 11.9 Å². The first-order valence-corrected chi connectivity index (χ1v) is 3.86. The van der Waals surface area contributed by atoms with Gasteiger partial charge in [0.2, 0.25) is 6.41 Å². The fraction of sp³-hybridized carbons (Fsp3) is 0.286. The molecule has 0 heterocycles. The second-order valence-electron chi connectivity index (χ2n) is 1.58. The van der Waals surface area contributed by atoms with Gasteiger partial charge >= 0.3 is 0 Å². The van der Waals surface area contributed by atoms with Gasteiger partial charge in [0.25, 0.3) is 0 Å². The summed E-state index contributed by atoms with van der Waals surface area (Å²) < 4.78 is 1.56. The molecule has 0 saturated carbocycles. The Kier molecular flexibility index (Phi) is 5.97. The van der Waals surface area contributed by atoms with E-state index in [1.165, 1.54) is 11.9 Å². The Hall–Kier alpha value is -0.700. The van der Waals surface area contributed by atoms with E-state index in [9.17, 15) is 4.79 Å². The molecule has 0 aliphatic rings. The summed E-state index contributed by atoms with van der Waals surface area (Å²) >= 11 is 1.42. The summed E-state index contributed by atoms with van der Waals surface area (Å²) in [5, 5.41) is 0. The van der Waals surface area contributed by atoms with E-state index in [0.29, 0.717) is 6.54 Å². The van der Waals surface area contributed by atoms with E-state index in [2.05, 4.69) is 13.2 Å². The molecule has 0 aliphatic heterocycles. The summed E-state index contributed by atoms with van der Waals surface area (Å²) in [6.07, 6.45) is 4.23. The van der Waals surface area contributed by atoms with Gasteiger partial charge in [-0.1, -0.05) is 12.2 Å². The van der Waals surface area contributed by atoms with Crippen LogP contribution in [-0.4, -0.2) is 23.0 Å². The third-order valence-electron chi connectivity index (χ3n) is 0.785. The third-order valence-corrected chi connectivity index (χ3v) is 1.74. The van der Waals surface area contributed by atoms with Crippen molar-refractivity contribution in [1.29, 1.82) is 0 Å². The van der Waals surface area contributed by atoms with Crippen molar-refractivity contribution in [2.24, 2.45) is 0 Å². The molecule has 0 unspecified atom stereocenters. The molecule has 0 radical (unpaired) electrons. The van der Waals surface area contributed by atoms with Crippen LogP contribution in [0.3, 0.4) is 0 Å². The molecule has 0 N–H and O–H groups in total. The Morgan fingerprint density at radius 3 is 2.50 bits per heavy atom. The minimum Gasteiger partial charge on any atom is -0.285 e. The monoisotopic (exact) mass is 157 g/mol. The second kappa shape index (κ2) is 6.42. The zero-order chi connectivity index (χ0) is 7.82. The highest BCUT2D eigenvalue weighted by atomic mass is 32.2. The molecule has 0 aromatic rings. The van der Waals surface area contributed by atoms with Crippen LogP contribution < -0.4 is 0 Å². The van der Waals surface area contributed by atoms with Crippen molar-refractivity contribution in [2.45, 2.75) is 0 Å². The summed E-state index contributed by atoms with van der Waals surface area (Å²) in [5.41, 5.74) is 0. The molecular formula is C7H11NOS. The van der Waals surface area contributed by atoms with Crippen LogP contribution in [-0.2, 0) is 4.79 Å². The lowest BCUT2D eigenvalue weighted by molar-refractivity contribution is -0.113. The number of carbonyl (C=O) groups excluding carboxylic acids is 1. The lowest BCUT2D eigenvalue weighted by Crippen LogP contribution is -2.12. The Balaban J connectivity index is 3.47. The summed E-state index contributed by atoms with van der Waals surface area (Å²) in [7, 11) is 0. The lowest BCUT2D eigenvalue weighted by Gasteiger charge is -2.10. The quantitative estimate of drug-likeness (QED) is 0.330. The first kappa shape index (κ1) is 9.30. The van der Waals surface area contributed by atoms with Crippen LogP contribution in [0.4, 0.5) is 0 Å². The number of nitrogens with zero attached hydrogens (tertiary/aromatic N) is 1. The normalized spacial score (nSPS) is 8.40. The van der Waals surface area contributed by atoms with Crippen LogP contribution in [0.5, 0.6) is 0 Å². The van der Waals surface area contributed by atoms with Crippen molar-refractivity contribution < 1.29 is 4.79 Å². The largest absolute Gasteiger partial charge is 0.285 e. The van der Waals surface area contributed by atoms with Crippen molar-refractivity contribution in [2.75, 3.05) is 12.3 Å². The summed E-state index contributed by atoms with van der Waals surface area (Å²) in [6, 6.07) is 0. The van der Waals surface area contributed by atoms with Crippen LogP contribution in [0.1, 0.15) is 0 Å². The molecule has 0 spiro atoms. The maximum atomic E-state index is 10.2. The highest BCUT2D eigenvalue weighted by Gasteiger charge is 1.95. The summed E-state index contributed by atoms with van der Waals surface area (Å²) in [4.78, 5) is 10.2. The Labute approximate surface area is 65.7 Å². The highest BCUT2D eigenvalue weighted by molar-refractivity contribution is 7.97. The predicted molar refractivity (Wildman–Crippen MR) is 45.6 cm³/mol. The average molecular weight is 157 g/mol. The number of amides is 1. The maximum absolute atomic E-state index is 10.2. The van der Waals surface area contributed by atoms with Gasteiger partial charge < -0.3 is 0 Å². The molecule has 10 heavy (non-hydrogen) atoms. The molecule has 56 valence electrons. The van der Waals surface area contributed by atoms with Crippen molar-refractivity contribution in [3.8, 4) is 0 Å². The van der Waals surface area contributed by atoms with Crippen molar-refractivity contribution >= 4 is 18.4 Å². The van der Waals surface area contributed by atoms with Crippen molar-refractivity contribution in [1.82, 2.24) is 4.31 Å². The SMILES string of the molecule is C=CCSN(C=O)CC=C. The van der Waals surface area contributed by atoms with E-state index in [4.69, 9.17) is 0 Å². The first-order valence-electron chi connectivity index (χ1n) is 2.91. The first-order chi connectivity index (χ1) is 4.85. The van der Waals surface area contributed by atoms with Gasteiger partial charge in [0.05, 0.1) is 0 Å². The van der Waals surface area contributed by atoms with Gasteiger partial charge in [0, 0.05) is 12.3 Å². The van der Waals surface area contributed by atoms with Gasteiger partial charge in [0.1, 0.15) is 0 Å². The standard InChI is InChI=1S/C7H11NOS/c1-3-5-8(7-9)10-6-4-2/h3-4,7H,1-2,5-6H2. The average Bonchev–Trinajstić information content (AvgIpc) is 1.98. The molecule has 0 rings (SSSR count). The minimum atomic E-state index is 0.585. The molecule has 3 heteroatoms. The zero-order valence-electron chi connectivity index (χ0n) is 5.82. The van der Waals surface area contributed by atoms with Gasteiger partial charge in [-0.25, -0.2) is 0 Å². The van der Waals surface area contributed by atoms with Crippen molar-refractivity contribution in [3.05, 3.63) is 25.3 Å². The molecule has 0 aliphatic carbocycles. The van der Waals surface area contributed by atoms with Crippen molar-refractivity contribution in [3.63, 3.8) is 0 Å². The summed E-state index contributed by atoms with van der Waals surface area (Å²) in [6.45, 7) is 7.64. The van der Waals surface area contributed by atoms with Gasteiger partial charge in [-0.3, -0.25) is 9.10 Å². The number of carbonyl (C=O) groups is 1. The predicted octanol–water partition coefficient (Wildman–Crippen LogP) is 1.47. The molecule has 0 atom stereocenters. The zero-order valence-corrected chi connectivity index (χ0v) is 6.64. The van der Waals surface area contributed by atoms with Crippen LogP contribution in [0.25, 0.3) is 0 Å². The fourth-order valence-corrected chi connectivity index (χ4v) is 0.970. The highest BCUT2D eigenvalue weighted by Crippen LogP contribution is 2.05. The van der Waals surface area contributed by atoms with E-state index < -0.39 is 0 Å². The molecule has 0 aromatic carbocycles. The van der Waals surface area contributed by atoms with E-state index in [0.717, 1.165) is 12.2 Å². The molecular weight excluding hydrogens is 146 g/mol. The smallest absolute Gasteiger partial charge is 0.219 e. The van der Waals surface area contributed by atoms with Gasteiger partial charge in [0.15, 0.2) is 0 Å². The van der Waals surface area contributed by atoms with Gasteiger partial charge in [-0.15, -0.1) is 13.2 Å². The molecule has 0 bridgehead atoms. The van der Waals surface area contributed by atoms with Gasteiger partial charge in [-0.2, -0.15) is 0 Å². The van der Waals surface area contributed by atoms with Crippen LogP contribution in [0, 0.1) is 0 Å². The number of hydrogen-bond donors (Lipinski definition) is 0. The number of hydrogen-bond acceptors (Lipinski definition) is 2. The summed E-state index contributed by atoms with van der Waals surface area (Å²) in [5.74, 6) is 0.757. The van der Waals surface area contributed by atoms with Crippen LogP contribution in [0.2, 0.25) is 0 Å². The number of rotatable bonds is 6. The Bertz CT molecular complexity index is 125. The van der Waals surface area contributed by atoms with E-state index >= 15 is 0 Å². The lowest BCUT2D eigenvalue weighted by atomic mass is 10.6. The molecule has 0 aromatic heterocycles. The molecule has 0 fully saturated rings. The van der Waals surface area contributed by atoms with E-state index in [1.807, 2.05) is 0 Å². The van der Waals surface area contributed by atoms with Crippen LogP contribution >= 0.6 is 11.9 Å². The third kappa shape index (κ3) is 4.21. The van der Waals surface area contributed by atoms with Crippen LogP contribution in [0.15, 0.2) is 25.3 Å². The second-order valence-corrected chi connectivity index (χ2v) is 2.64. The molecule has 2 nitrogen and oxygen atoms in total. The Morgan fingerprint density at radius 1 is 1.40 bits per heavy atom. The Morgan fingerprint density at radius 2 is 2.10 bits per heavy atom. The molecule has 0 saturated heterocycles. The fourth-order valence-electron chi connectivity index (χ4n) is 0.402. The van der Waals surface area contributed by atoms with E-state index in [1.54, 1.807) is 16.5 Å². The molecule has 1 amide bonds.